The predicted octanol–water partition coefficient (Wildman–Crippen LogP) is 3.67. The highest BCUT2D eigenvalue weighted by Crippen LogP contribution is 2.27. The molecular weight excluding hydrogens is 362 g/mol. The molecular formula is C23H23N5O. The summed E-state index contributed by atoms with van der Waals surface area (Å²) in [5, 5.41) is 17.0. The Bertz CT molecular complexity index is 1080. The second-order valence-electron chi connectivity index (χ2n) is 7.23. The summed E-state index contributed by atoms with van der Waals surface area (Å²) in [4.78, 5) is 6.79. The van der Waals surface area contributed by atoms with Gasteiger partial charge in [-0.2, -0.15) is 5.26 Å². The average Bonchev–Trinajstić information content (AvgIpc) is 3.10. The molecule has 2 N–H and O–H groups in total. The van der Waals surface area contributed by atoms with Crippen LogP contribution in [0.1, 0.15) is 24.2 Å². The maximum absolute atomic E-state index is 9.44. The molecule has 3 aromatic rings. The van der Waals surface area contributed by atoms with Crippen LogP contribution in [0.4, 0.5) is 11.5 Å². The fourth-order valence-corrected chi connectivity index (χ4v) is 3.48. The van der Waals surface area contributed by atoms with Crippen molar-refractivity contribution in [2.24, 2.45) is 0 Å². The van der Waals surface area contributed by atoms with E-state index in [0.29, 0.717) is 23.7 Å². The molecule has 0 unspecified atom stereocenters. The zero-order valence-electron chi connectivity index (χ0n) is 16.4. The summed E-state index contributed by atoms with van der Waals surface area (Å²) in [6.07, 6.45) is 3.84. The Kier molecular flexibility index (Phi) is 5.65. The van der Waals surface area contributed by atoms with Crippen LogP contribution in [0.3, 0.4) is 0 Å². The number of nitriles is 1. The van der Waals surface area contributed by atoms with Crippen LogP contribution in [0.5, 0.6) is 0 Å². The molecule has 29 heavy (non-hydrogen) atoms. The Morgan fingerprint density at radius 3 is 2.79 bits per heavy atom. The number of pyridine rings is 1. The highest BCUT2D eigenvalue weighted by Gasteiger charge is 2.18. The van der Waals surface area contributed by atoms with Crippen molar-refractivity contribution in [3.05, 3.63) is 53.9 Å². The molecule has 0 saturated carbocycles. The molecule has 0 spiro atoms. The lowest BCUT2D eigenvalue weighted by Gasteiger charge is -2.29. The molecule has 4 rings (SSSR count). The number of hydrogen-bond acceptors (Lipinski definition) is 6. The van der Waals surface area contributed by atoms with Crippen LogP contribution >= 0.6 is 0 Å². The minimum absolute atomic E-state index is 0.227. The standard InChI is InChI=1S/C23H23N5O/c1-28-12-9-18(10-13-28)27-23-14-20-19(21(15-24)29-22(20)16-26-23)8-5-11-25-17-6-3-2-4-7-17/h2-4,6-7,14,16,18,25H,9-13H2,1H3,(H,26,27). The fraction of sp³-hybridized carbons (Fsp3) is 0.304. The molecule has 3 heterocycles. The van der Waals surface area contributed by atoms with Crippen LogP contribution in [-0.2, 0) is 0 Å². The summed E-state index contributed by atoms with van der Waals surface area (Å²) in [6.45, 7) is 2.64. The van der Waals surface area contributed by atoms with Gasteiger partial charge >= 0.3 is 0 Å². The topological polar surface area (TPSA) is 77.1 Å². The lowest BCUT2D eigenvalue weighted by molar-refractivity contribution is 0.263. The molecule has 1 saturated heterocycles. The SMILES string of the molecule is CN1CCC(Nc2cc3c(C#CCNc4ccccc4)c(C#N)oc3cn2)CC1. The van der Waals surface area contributed by atoms with E-state index >= 15 is 0 Å². The summed E-state index contributed by atoms with van der Waals surface area (Å²) >= 11 is 0. The maximum Gasteiger partial charge on any atom is 0.220 e. The van der Waals surface area contributed by atoms with Crippen molar-refractivity contribution < 1.29 is 4.42 Å². The van der Waals surface area contributed by atoms with Gasteiger partial charge in [-0.1, -0.05) is 30.0 Å². The molecule has 1 aliphatic rings. The van der Waals surface area contributed by atoms with E-state index in [1.165, 1.54) is 0 Å². The summed E-state index contributed by atoms with van der Waals surface area (Å²) < 4.78 is 5.64. The minimum Gasteiger partial charge on any atom is -0.443 e. The summed E-state index contributed by atoms with van der Waals surface area (Å²) in [5.41, 5.74) is 2.20. The van der Waals surface area contributed by atoms with Crippen molar-refractivity contribution in [2.75, 3.05) is 37.3 Å². The number of fused-ring (bicyclic) bond motifs is 1. The number of likely N-dealkylation sites (tertiary alicyclic amines) is 1. The van der Waals surface area contributed by atoms with Crippen molar-refractivity contribution in [2.45, 2.75) is 18.9 Å². The molecule has 146 valence electrons. The number of rotatable bonds is 4. The summed E-state index contributed by atoms with van der Waals surface area (Å²) in [5.74, 6) is 7.21. The van der Waals surface area contributed by atoms with Crippen molar-refractivity contribution in [1.82, 2.24) is 9.88 Å². The van der Waals surface area contributed by atoms with Crippen LogP contribution in [-0.4, -0.2) is 42.6 Å². The number of benzene rings is 1. The highest BCUT2D eigenvalue weighted by atomic mass is 16.3. The van der Waals surface area contributed by atoms with Gasteiger partial charge in [0.25, 0.3) is 0 Å². The summed E-state index contributed by atoms with van der Waals surface area (Å²) in [6, 6.07) is 14.3. The van der Waals surface area contributed by atoms with Crippen molar-refractivity contribution in [1.29, 1.82) is 5.26 Å². The van der Waals surface area contributed by atoms with Gasteiger partial charge in [0.1, 0.15) is 11.9 Å². The molecule has 1 aliphatic heterocycles. The quantitative estimate of drug-likeness (QED) is 0.668. The Morgan fingerprint density at radius 2 is 2.03 bits per heavy atom. The van der Waals surface area contributed by atoms with Crippen molar-refractivity contribution in [3.8, 4) is 17.9 Å². The number of nitrogens with one attached hydrogen (secondary N) is 2. The number of aromatic nitrogens is 1. The molecule has 0 aliphatic carbocycles. The van der Waals surface area contributed by atoms with Gasteiger partial charge in [0.2, 0.25) is 5.76 Å². The van der Waals surface area contributed by atoms with E-state index in [9.17, 15) is 5.26 Å². The van der Waals surface area contributed by atoms with Crippen LogP contribution in [0.2, 0.25) is 0 Å². The number of para-hydroxylation sites is 1. The maximum atomic E-state index is 9.44. The van der Waals surface area contributed by atoms with Gasteiger partial charge in [0.05, 0.1) is 18.3 Å². The molecule has 0 atom stereocenters. The van der Waals surface area contributed by atoms with E-state index in [1.54, 1.807) is 6.20 Å². The Labute approximate surface area is 170 Å². The lowest BCUT2D eigenvalue weighted by Crippen LogP contribution is -2.36. The number of hydrogen-bond donors (Lipinski definition) is 2. The number of piperidine rings is 1. The molecule has 0 radical (unpaired) electrons. The van der Waals surface area contributed by atoms with Gasteiger partial charge in [-0.3, -0.25) is 0 Å². The van der Waals surface area contributed by atoms with E-state index in [2.05, 4.69) is 45.5 Å². The first-order chi connectivity index (χ1) is 14.2. The van der Waals surface area contributed by atoms with Crippen LogP contribution in [0.15, 0.2) is 47.0 Å². The van der Waals surface area contributed by atoms with E-state index in [1.807, 2.05) is 36.4 Å². The Hall–Kier alpha value is -3.48. The third-order valence-electron chi connectivity index (χ3n) is 5.12. The van der Waals surface area contributed by atoms with E-state index in [0.717, 1.165) is 42.8 Å². The Morgan fingerprint density at radius 1 is 1.24 bits per heavy atom. The molecule has 0 amide bonds. The predicted molar refractivity (Wildman–Crippen MR) is 115 cm³/mol. The Balaban J connectivity index is 1.53. The molecule has 1 aromatic carbocycles. The van der Waals surface area contributed by atoms with Crippen molar-refractivity contribution >= 4 is 22.5 Å². The normalized spacial score (nSPS) is 14.8. The van der Waals surface area contributed by atoms with Gasteiger partial charge in [-0.15, -0.1) is 0 Å². The third kappa shape index (κ3) is 4.51. The van der Waals surface area contributed by atoms with E-state index in [-0.39, 0.29) is 5.76 Å². The van der Waals surface area contributed by atoms with Crippen molar-refractivity contribution in [3.63, 3.8) is 0 Å². The number of nitrogens with zero attached hydrogens (tertiary/aromatic N) is 3. The largest absolute Gasteiger partial charge is 0.443 e. The van der Waals surface area contributed by atoms with Crippen LogP contribution < -0.4 is 10.6 Å². The first-order valence-corrected chi connectivity index (χ1v) is 9.78. The molecule has 0 bridgehead atoms. The third-order valence-corrected chi connectivity index (χ3v) is 5.12. The fourth-order valence-electron chi connectivity index (χ4n) is 3.48. The van der Waals surface area contributed by atoms with E-state index in [4.69, 9.17) is 4.42 Å². The van der Waals surface area contributed by atoms with Gasteiger partial charge in [0.15, 0.2) is 5.58 Å². The monoisotopic (exact) mass is 385 g/mol. The van der Waals surface area contributed by atoms with Crippen LogP contribution in [0, 0.1) is 23.2 Å². The number of furan rings is 1. The minimum atomic E-state index is 0.227. The number of anilines is 2. The van der Waals surface area contributed by atoms with E-state index < -0.39 is 0 Å². The molecule has 1 fully saturated rings. The molecule has 2 aromatic heterocycles. The zero-order chi connectivity index (χ0) is 20.1. The van der Waals surface area contributed by atoms with Gasteiger partial charge in [-0.05, 0) is 51.2 Å². The van der Waals surface area contributed by atoms with Crippen LogP contribution in [0.25, 0.3) is 11.0 Å². The second kappa shape index (κ2) is 8.68. The smallest absolute Gasteiger partial charge is 0.220 e. The first kappa shape index (κ1) is 18.9. The van der Waals surface area contributed by atoms with Gasteiger partial charge < -0.3 is 20.0 Å². The second-order valence-corrected chi connectivity index (χ2v) is 7.23. The molecule has 6 nitrogen and oxygen atoms in total. The van der Waals surface area contributed by atoms with Gasteiger partial charge in [0, 0.05) is 17.1 Å². The average molecular weight is 385 g/mol. The first-order valence-electron chi connectivity index (χ1n) is 9.78. The lowest BCUT2D eigenvalue weighted by atomic mass is 10.1. The van der Waals surface area contributed by atoms with Gasteiger partial charge in [-0.25, -0.2) is 4.98 Å². The highest BCUT2D eigenvalue weighted by molar-refractivity contribution is 5.88. The zero-order valence-corrected chi connectivity index (χ0v) is 16.4. The molecule has 6 heteroatoms. The summed E-state index contributed by atoms with van der Waals surface area (Å²) in [7, 11) is 2.15.